The molecule has 6 nitrogen and oxygen atoms in total. The number of ether oxygens (including phenoxy) is 2. The van der Waals surface area contributed by atoms with E-state index in [0.29, 0.717) is 43.1 Å². The Balaban J connectivity index is 1.61. The van der Waals surface area contributed by atoms with Crippen LogP contribution < -0.4 is 14.8 Å². The number of piperidine rings is 1. The van der Waals surface area contributed by atoms with Gasteiger partial charge in [-0.05, 0) is 50.4 Å². The lowest BCUT2D eigenvalue weighted by Crippen LogP contribution is -2.51. The highest BCUT2D eigenvalue weighted by atomic mass is 16.5. The van der Waals surface area contributed by atoms with Crippen molar-refractivity contribution >= 4 is 5.91 Å². The molecule has 0 unspecified atom stereocenters. The Morgan fingerprint density at radius 2 is 2.00 bits per heavy atom. The van der Waals surface area contributed by atoms with Crippen LogP contribution in [0.15, 0.2) is 12.1 Å². The van der Waals surface area contributed by atoms with Gasteiger partial charge in [0, 0.05) is 26.1 Å². The van der Waals surface area contributed by atoms with E-state index in [2.05, 4.69) is 17.1 Å². The third-order valence-electron chi connectivity index (χ3n) is 5.43. The third-order valence-corrected chi connectivity index (χ3v) is 5.43. The van der Waals surface area contributed by atoms with Gasteiger partial charge in [0.05, 0.1) is 24.4 Å². The molecular weight excluding hydrogens is 344 g/mol. The Hall–Kier alpha value is -1.79. The molecule has 2 aliphatic heterocycles. The van der Waals surface area contributed by atoms with E-state index in [4.69, 9.17) is 9.47 Å². The lowest BCUT2D eigenvalue weighted by Gasteiger charge is -2.38. The topological polar surface area (TPSA) is 71.0 Å². The number of carbonyl (C=O) groups excluding carboxylic acids is 1. The van der Waals surface area contributed by atoms with Crippen molar-refractivity contribution < 1.29 is 19.4 Å². The number of unbranched alkanes of at least 4 members (excludes halogenated alkanes) is 1. The molecule has 2 heterocycles. The number of benzene rings is 1. The van der Waals surface area contributed by atoms with Crippen molar-refractivity contribution in [2.75, 3.05) is 39.4 Å². The van der Waals surface area contributed by atoms with Crippen LogP contribution in [-0.2, 0) is 0 Å². The first kappa shape index (κ1) is 20.0. The van der Waals surface area contributed by atoms with Gasteiger partial charge in [-0.15, -0.1) is 0 Å². The number of hydrogen-bond acceptors (Lipinski definition) is 5. The number of nitrogens with one attached hydrogen (secondary N) is 1. The van der Waals surface area contributed by atoms with Crippen LogP contribution in [-0.4, -0.2) is 60.9 Å². The second-order valence-corrected chi connectivity index (χ2v) is 7.79. The van der Waals surface area contributed by atoms with E-state index in [-0.39, 0.29) is 12.5 Å². The van der Waals surface area contributed by atoms with E-state index in [1.165, 1.54) is 12.8 Å². The number of nitrogens with zero attached hydrogens (tertiary/aromatic N) is 1. The molecule has 6 heteroatoms. The highest BCUT2D eigenvalue weighted by Crippen LogP contribution is 2.35. The predicted octanol–water partition coefficient (Wildman–Crippen LogP) is 2.51. The van der Waals surface area contributed by atoms with Crippen molar-refractivity contribution in [2.24, 2.45) is 0 Å². The quantitative estimate of drug-likeness (QED) is 0.798. The first-order valence-electron chi connectivity index (χ1n) is 10.1. The zero-order valence-corrected chi connectivity index (χ0v) is 16.6. The molecule has 0 bridgehead atoms. The van der Waals surface area contributed by atoms with Crippen LogP contribution in [0.1, 0.15) is 54.9 Å². The van der Waals surface area contributed by atoms with Crippen molar-refractivity contribution in [3.63, 3.8) is 0 Å². The molecule has 27 heavy (non-hydrogen) atoms. The zero-order chi connectivity index (χ0) is 19.3. The van der Waals surface area contributed by atoms with Gasteiger partial charge in [0.1, 0.15) is 0 Å². The normalized spacial score (nSPS) is 19.4. The Morgan fingerprint density at radius 1 is 1.26 bits per heavy atom. The molecule has 1 aromatic rings. The maximum Gasteiger partial charge on any atom is 0.255 e. The van der Waals surface area contributed by atoms with Crippen LogP contribution >= 0.6 is 0 Å². The van der Waals surface area contributed by atoms with Crippen LogP contribution in [0.25, 0.3) is 0 Å². The largest absolute Gasteiger partial charge is 0.490 e. The monoisotopic (exact) mass is 376 g/mol. The van der Waals surface area contributed by atoms with Crippen molar-refractivity contribution in [1.29, 1.82) is 0 Å². The van der Waals surface area contributed by atoms with Crippen molar-refractivity contribution in [2.45, 2.75) is 51.6 Å². The number of amides is 1. The molecular formula is C21H32N2O4. The number of likely N-dealkylation sites (tertiary alicyclic amines) is 1. The zero-order valence-electron chi connectivity index (χ0n) is 16.6. The molecule has 0 aliphatic carbocycles. The molecule has 0 atom stereocenters. The molecule has 1 saturated heterocycles. The van der Waals surface area contributed by atoms with E-state index in [9.17, 15) is 9.90 Å². The number of aliphatic hydroxyl groups is 1. The van der Waals surface area contributed by atoms with E-state index >= 15 is 0 Å². The number of rotatable bonds is 6. The number of fused-ring (bicyclic) bond motifs is 1. The molecule has 0 radical (unpaired) electrons. The summed E-state index contributed by atoms with van der Waals surface area (Å²) in [6.45, 7) is 8.36. The Kier molecular flexibility index (Phi) is 6.60. The number of aryl methyl sites for hydroxylation is 1. The molecule has 1 amide bonds. The Morgan fingerprint density at radius 3 is 2.74 bits per heavy atom. The minimum atomic E-state index is -0.837. The van der Waals surface area contributed by atoms with Crippen LogP contribution in [0.5, 0.6) is 11.5 Å². The van der Waals surface area contributed by atoms with Crippen LogP contribution in [0.2, 0.25) is 0 Å². The predicted molar refractivity (Wildman–Crippen MR) is 105 cm³/mol. The molecule has 1 aromatic carbocycles. The van der Waals surface area contributed by atoms with Gasteiger partial charge < -0.3 is 24.8 Å². The highest BCUT2D eigenvalue weighted by Gasteiger charge is 2.33. The summed E-state index contributed by atoms with van der Waals surface area (Å²) in [6, 6.07) is 3.72. The lowest BCUT2D eigenvalue weighted by molar-refractivity contribution is -0.0191. The smallest absolute Gasteiger partial charge is 0.255 e. The molecule has 2 aliphatic rings. The fraction of sp³-hybridized carbons (Fsp3) is 0.667. The second-order valence-electron chi connectivity index (χ2n) is 7.79. The standard InChI is InChI=1S/C21H32N2O4/c1-3-4-8-23-9-6-21(25,7-10-23)15-22-20(24)17-13-16(2)14-18-19(17)27-12-5-11-26-18/h13-14,25H,3-12,15H2,1-2H3,(H,22,24). The summed E-state index contributed by atoms with van der Waals surface area (Å²) in [5, 5.41) is 13.8. The minimum Gasteiger partial charge on any atom is -0.490 e. The van der Waals surface area contributed by atoms with Gasteiger partial charge in [-0.2, -0.15) is 0 Å². The highest BCUT2D eigenvalue weighted by molar-refractivity contribution is 5.98. The molecule has 150 valence electrons. The Labute approximate surface area is 161 Å². The van der Waals surface area contributed by atoms with E-state index in [0.717, 1.165) is 31.6 Å². The van der Waals surface area contributed by atoms with Crippen molar-refractivity contribution in [1.82, 2.24) is 10.2 Å². The van der Waals surface area contributed by atoms with Gasteiger partial charge in [-0.25, -0.2) is 0 Å². The SMILES string of the molecule is CCCCN1CCC(O)(CNC(=O)c2cc(C)cc3c2OCCCO3)CC1. The molecule has 3 rings (SSSR count). The average Bonchev–Trinajstić information content (AvgIpc) is 2.90. The molecule has 0 spiro atoms. The molecule has 1 fully saturated rings. The van der Waals surface area contributed by atoms with Gasteiger partial charge in [0.25, 0.3) is 5.91 Å². The van der Waals surface area contributed by atoms with Gasteiger partial charge in [0.2, 0.25) is 0 Å². The third kappa shape index (κ3) is 5.14. The number of carbonyl (C=O) groups is 1. The van der Waals surface area contributed by atoms with Gasteiger partial charge in [-0.1, -0.05) is 13.3 Å². The maximum absolute atomic E-state index is 12.8. The summed E-state index contributed by atoms with van der Waals surface area (Å²) in [7, 11) is 0. The van der Waals surface area contributed by atoms with E-state index in [1.54, 1.807) is 0 Å². The summed E-state index contributed by atoms with van der Waals surface area (Å²) in [6.07, 6.45) is 4.53. The molecule has 2 N–H and O–H groups in total. The lowest BCUT2D eigenvalue weighted by atomic mass is 9.91. The van der Waals surface area contributed by atoms with Gasteiger partial charge >= 0.3 is 0 Å². The molecule has 0 aromatic heterocycles. The molecule has 0 saturated carbocycles. The fourth-order valence-electron chi connectivity index (χ4n) is 3.67. The van der Waals surface area contributed by atoms with Crippen LogP contribution in [0.4, 0.5) is 0 Å². The summed E-state index contributed by atoms with van der Waals surface area (Å²) in [4.78, 5) is 15.2. The fourth-order valence-corrected chi connectivity index (χ4v) is 3.67. The second kappa shape index (κ2) is 8.93. The number of hydrogen-bond donors (Lipinski definition) is 2. The Bertz CT molecular complexity index is 654. The summed E-state index contributed by atoms with van der Waals surface area (Å²) < 4.78 is 11.5. The van der Waals surface area contributed by atoms with E-state index < -0.39 is 5.60 Å². The van der Waals surface area contributed by atoms with Crippen molar-refractivity contribution in [3.05, 3.63) is 23.3 Å². The first-order chi connectivity index (χ1) is 13.0. The van der Waals surface area contributed by atoms with E-state index in [1.807, 2.05) is 19.1 Å². The summed E-state index contributed by atoms with van der Waals surface area (Å²) in [5.74, 6) is 0.917. The van der Waals surface area contributed by atoms with Gasteiger partial charge in [-0.3, -0.25) is 4.79 Å². The maximum atomic E-state index is 12.8. The minimum absolute atomic E-state index is 0.220. The first-order valence-corrected chi connectivity index (χ1v) is 10.1. The van der Waals surface area contributed by atoms with Crippen LogP contribution in [0, 0.1) is 6.92 Å². The summed E-state index contributed by atoms with van der Waals surface area (Å²) >= 11 is 0. The van der Waals surface area contributed by atoms with Crippen molar-refractivity contribution in [3.8, 4) is 11.5 Å². The van der Waals surface area contributed by atoms with Gasteiger partial charge in [0.15, 0.2) is 11.5 Å². The van der Waals surface area contributed by atoms with Crippen LogP contribution in [0.3, 0.4) is 0 Å². The average molecular weight is 376 g/mol. The summed E-state index contributed by atoms with van der Waals surface area (Å²) in [5.41, 5.74) is 0.597.